The number of aliphatic hydroxyl groups is 1. The molecule has 1 atom stereocenters. The van der Waals surface area contributed by atoms with Crippen molar-refractivity contribution < 1.29 is 13.9 Å². The van der Waals surface area contributed by atoms with Crippen LogP contribution in [0, 0.1) is 18.6 Å². The number of nitrogens with zero attached hydrogens (tertiary/aromatic N) is 1. The van der Waals surface area contributed by atoms with Gasteiger partial charge in [-0.3, -0.25) is 0 Å². The van der Waals surface area contributed by atoms with Gasteiger partial charge in [0.15, 0.2) is 0 Å². The number of rotatable bonds is 3. The van der Waals surface area contributed by atoms with E-state index in [9.17, 15) is 13.9 Å². The molecule has 0 spiro atoms. The first-order valence-corrected chi connectivity index (χ1v) is 5.98. The van der Waals surface area contributed by atoms with Crippen molar-refractivity contribution in [3.05, 3.63) is 51.5 Å². The normalized spacial score (nSPS) is 12.7. The summed E-state index contributed by atoms with van der Waals surface area (Å²) in [4.78, 5) is 4.19. The minimum absolute atomic E-state index is 0.0965. The highest BCUT2D eigenvalue weighted by Gasteiger charge is 2.15. The van der Waals surface area contributed by atoms with Crippen LogP contribution in [0.15, 0.2) is 23.6 Å². The fourth-order valence-electron chi connectivity index (χ4n) is 1.54. The van der Waals surface area contributed by atoms with E-state index in [2.05, 4.69) is 4.98 Å². The number of aromatic nitrogens is 1. The smallest absolute Gasteiger partial charge is 0.131 e. The first-order valence-electron chi connectivity index (χ1n) is 5.10. The van der Waals surface area contributed by atoms with Crippen molar-refractivity contribution >= 4 is 11.3 Å². The first-order chi connectivity index (χ1) is 8.06. The van der Waals surface area contributed by atoms with E-state index in [1.807, 2.05) is 12.3 Å². The van der Waals surface area contributed by atoms with Crippen LogP contribution in [0.2, 0.25) is 0 Å². The monoisotopic (exact) mass is 255 g/mol. The van der Waals surface area contributed by atoms with Crippen LogP contribution in [-0.4, -0.2) is 10.1 Å². The maximum absolute atomic E-state index is 13.4. The lowest BCUT2D eigenvalue weighted by molar-refractivity contribution is 0.173. The number of thiazole rings is 1. The molecule has 2 rings (SSSR count). The van der Waals surface area contributed by atoms with Crippen molar-refractivity contribution in [2.24, 2.45) is 0 Å². The summed E-state index contributed by atoms with van der Waals surface area (Å²) >= 11 is 1.41. The Morgan fingerprint density at radius 2 is 2.18 bits per heavy atom. The third-order valence-corrected chi connectivity index (χ3v) is 3.35. The quantitative estimate of drug-likeness (QED) is 0.914. The number of aryl methyl sites for hydroxylation is 1. The second kappa shape index (κ2) is 4.89. The largest absolute Gasteiger partial charge is 0.388 e. The lowest BCUT2D eigenvalue weighted by Crippen LogP contribution is -2.04. The second-order valence-corrected chi connectivity index (χ2v) is 4.71. The average molecular weight is 255 g/mol. The van der Waals surface area contributed by atoms with Gasteiger partial charge in [-0.05, 0) is 13.0 Å². The van der Waals surface area contributed by atoms with Gasteiger partial charge in [-0.1, -0.05) is 6.07 Å². The van der Waals surface area contributed by atoms with E-state index in [0.29, 0.717) is 0 Å². The second-order valence-electron chi connectivity index (χ2n) is 3.77. The molecule has 1 unspecified atom stereocenters. The van der Waals surface area contributed by atoms with Crippen LogP contribution in [0.5, 0.6) is 0 Å². The van der Waals surface area contributed by atoms with E-state index >= 15 is 0 Å². The Hall–Kier alpha value is -1.33. The van der Waals surface area contributed by atoms with Gasteiger partial charge in [0.05, 0.1) is 11.1 Å². The zero-order valence-corrected chi connectivity index (χ0v) is 9.97. The van der Waals surface area contributed by atoms with Gasteiger partial charge in [0.1, 0.15) is 11.6 Å². The lowest BCUT2D eigenvalue weighted by Gasteiger charge is -2.10. The summed E-state index contributed by atoms with van der Waals surface area (Å²) in [5.74, 6) is -1.38. The van der Waals surface area contributed by atoms with Crippen LogP contribution in [0.3, 0.4) is 0 Å². The average Bonchev–Trinajstić information content (AvgIpc) is 2.63. The highest BCUT2D eigenvalue weighted by Crippen LogP contribution is 2.23. The third-order valence-electron chi connectivity index (χ3n) is 2.36. The number of aliphatic hydroxyl groups excluding tert-OH is 1. The van der Waals surface area contributed by atoms with Crippen molar-refractivity contribution in [2.75, 3.05) is 0 Å². The number of benzene rings is 1. The van der Waals surface area contributed by atoms with Crippen molar-refractivity contribution in [2.45, 2.75) is 19.4 Å². The molecule has 1 aromatic carbocycles. The summed E-state index contributed by atoms with van der Waals surface area (Å²) in [7, 11) is 0. The number of hydrogen-bond donors (Lipinski definition) is 1. The van der Waals surface area contributed by atoms with Gasteiger partial charge in [0, 0.05) is 29.1 Å². The van der Waals surface area contributed by atoms with Gasteiger partial charge in [0.2, 0.25) is 0 Å². The molecule has 0 fully saturated rings. The SMILES string of the molecule is Cc1csc(CC(O)c2ccc(F)cc2F)n1. The van der Waals surface area contributed by atoms with Crippen LogP contribution in [0.1, 0.15) is 22.4 Å². The van der Waals surface area contributed by atoms with Gasteiger partial charge < -0.3 is 5.11 Å². The summed E-state index contributed by atoms with van der Waals surface area (Å²) in [6.07, 6.45) is -0.762. The molecule has 0 aliphatic heterocycles. The summed E-state index contributed by atoms with van der Waals surface area (Å²) < 4.78 is 26.1. The van der Waals surface area contributed by atoms with Crippen molar-refractivity contribution in [3.8, 4) is 0 Å². The predicted molar refractivity (Wildman–Crippen MR) is 61.9 cm³/mol. The van der Waals surface area contributed by atoms with Crippen LogP contribution < -0.4 is 0 Å². The Morgan fingerprint density at radius 1 is 1.41 bits per heavy atom. The Morgan fingerprint density at radius 3 is 2.76 bits per heavy atom. The van der Waals surface area contributed by atoms with E-state index in [1.165, 1.54) is 17.4 Å². The van der Waals surface area contributed by atoms with Gasteiger partial charge >= 0.3 is 0 Å². The molecular weight excluding hydrogens is 244 g/mol. The fourth-order valence-corrected chi connectivity index (χ4v) is 2.35. The molecule has 17 heavy (non-hydrogen) atoms. The summed E-state index contributed by atoms with van der Waals surface area (Å²) in [5.41, 5.74) is 0.969. The molecule has 5 heteroatoms. The Bertz CT molecular complexity index is 527. The minimum Gasteiger partial charge on any atom is -0.388 e. The van der Waals surface area contributed by atoms with E-state index in [-0.39, 0.29) is 12.0 Å². The molecule has 1 N–H and O–H groups in total. The lowest BCUT2D eigenvalue weighted by atomic mass is 10.1. The highest BCUT2D eigenvalue weighted by molar-refractivity contribution is 7.09. The molecule has 0 saturated carbocycles. The van der Waals surface area contributed by atoms with E-state index in [4.69, 9.17) is 0 Å². The molecule has 2 aromatic rings. The van der Waals surface area contributed by atoms with Crippen molar-refractivity contribution in [1.82, 2.24) is 4.98 Å². The van der Waals surface area contributed by atoms with Crippen LogP contribution >= 0.6 is 11.3 Å². The Balaban J connectivity index is 2.17. The van der Waals surface area contributed by atoms with E-state index in [1.54, 1.807) is 0 Å². The molecule has 0 radical (unpaired) electrons. The Labute approximate surface area is 102 Å². The molecule has 0 saturated heterocycles. The number of halogens is 2. The van der Waals surface area contributed by atoms with Crippen LogP contribution in [0.4, 0.5) is 8.78 Å². The van der Waals surface area contributed by atoms with Crippen molar-refractivity contribution in [1.29, 1.82) is 0 Å². The summed E-state index contributed by atoms with van der Waals surface area (Å²) in [6.45, 7) is 1.85. The molecule has 2 nitrogen and oxygen atoms in total. The maximum atomic E-state index is 13.4. The van der Waals surface area contributed by atoms with Gasteiger partial charge in [-0.15, -0.1) is 11.3 Å². The highest BCUT2D eigenvalue weighted by atomic mass is 32.1. The van der Waals surface area contributed by atoms with Gasteiger partial charge in [0.25, 0.3) is 0 Å². The topological polar surface area (TPSA) is 33.1 Å². The zero-order chi connectivity index (χ0) is 12.4. The zero-order valence-electron chi connectivity index (χ0n) is 9.15. The molecule has 0 amide bonds. The molecule has 0 aliphatic rings. The van der Waals surface area contributed by atoms with Gasteiger partial charge in [-0.2, -0.15) is 0 Å². The summed E-state index contributed by atoms with van der Waals surface area (Å²) in [5, 5.41) is 12.5. The maximum Gasteiger partial charge on any atom is 0.131 e. The fraction of sp³-hybridized carbons (Fsp3) is 0.250. The standard InChI is InChI=1S/C12H11F2NOS/c1-7-6-17-12(15-7)5-11(16)9-3-2-8(13)4-10(9)14/h2-4,6,11,16H,5H2,1H3. The molecule has 1 aromatic heterocycles. The predicted octanol–water partition coefficient (Wildman–Crippen LogP) is 3.01. The third kappa shape index (κ3) is 2.87. The van der Waals surface area contributed by atoms with Gasteiger partial charge in [-0.25, -0.2) is 13.8 Å². The molecule has 0 aliphatic carbocycles. The van der Waals surface area contributed by atoms with Crippen molar-refractivity contribution in [3.63, 3.8) is 0 Å². The summed E-state index contributed by atoms with van der Waals surface area (Å²) in [6, 6.07) is 3.16. The van der Waals surface area contributed by atoms with Crippen LogP contribution in [-0.2, 0) is 6.42 Å². The van der Waals surface area contributed by atoms with Crippen LogP contribution in [0.25, 0.3) is 0 Å². The van der Waals surface area contributed by atoms with E-state index in [0.717, 1.165) is 22.8 Å². The number of hydrogen-bond acceptors (Lipinski definition) is 3. The first kappa shape index (κ1) is 12.1. The van der Waals surface area contributed by atoms with E-state index < -0.39 is 17.7 Å². The molecule has 0 bridgehead atoms. The molecule has 90 valence electrons. The molecular formula is C12H11F2NOS. The Kier molecular flexibility index (Phi) is 3.49. The minimum atomic E-state index is -0.999. The molecule has 1 heterocycles.